The third kappa shape index (κ3) is 5.53. The summed E-state index contributed by atoms with van der Waals surface area (Å²) in [6.07, 6.45) is 0.914. The molecule has 9 nitrogen and oxygen atoms in total. The van der Waals surface area contributed by atoms with Crippen LogP contribution in [0.4, 0.5) is 10.5 Å². The number of hydrogen-bond donors (Lipinski definition) is 1. The summed E-state index contributed by atoms with van der Waals surface area (Å²) in [7, 11) is -0.0823. The third-order valence-electron chi connectivity index (χ3n) is 4.33. The second kappa shape index (κ2) is 8.85. The maximum atomic E-state index is 12.9. The lowest BCUT2D eigenvalue weighted by Crippen LogP contribution is -2.49. The number of amides is 2. The number of urea groups is 1. The molecule has 0 bridgehead atoms. The van der Waals surface area contributed by atoms with Crippen LogP contribution in [0.2, 0.25) is 5.02 Å². The molecular formula is C16H23ClN4O5S. The van der Waals surface area contributed by atoms with E-state index in [1.807, 2.05) is 19.0 Å². The zero-order chi connectivity index (χ0) is 20.2. The van der Waals surface area contributed by atoms with E-state index in [9.17, 15) is 23.3 Å². The van der Waals surface area contributed by atoms with Gasteiger partial charge in [-0.1, -0.05) is 11.6 Å². The zero-order valence-corrected chi connectivity index (χ0v) is 16.8. The Labute approximate surface area is 163 Å². The number of nitrogens with one attached hydrogen (secondary N) is 1. The van der Waals surface area contributed by atoms with Crippen LogP contribution in [0.5, 0.6) is 0 Å². The first kappa shape index (κ1) is 21.4. The van der Waals surface area contributed by atoms with Crippen molar-refractivity contribution in [3.8, 4) is 0 Å². The molecule has 0 radical (unpaired) electrons. The molecule has 0 saturated carbocycles. The minimum absolute atomic E-state index is 0.0168. The van der Waals surface area contributed by atoms with E-state index in [-0.39, 0.29) is 28.2 Å². The van der Waals surface area contributed by atoms with Crippen LogP contribution in [-0.2, 0) is 9.84 Å². The summed E-state index contributed by atoms with van der Waals surface area (Å²) in [5.74, 6) is 0. The van der Waals surface area contributed by atoms with Crippen LogP contribution in [0.1, 0.15) is 12.8 Å². The van der Waals surface area contributed by atoms with Crippen LogP contribution < -0.4 is 5.32 Å². The number of non-ortho nitro benzene ring substituents is 1. The predicted octanol–water partition coefficient (Wildman–Crippen LogP) is 1.76. The fourth-order valence-corrected chi connectivity index (χ4v) is 4.99. The monoisotopic (exact) mass is 418 g/mol. The Morgan fingerprint density at radius 3 is 2.74 bits per heavy atom. The van der Waals surface area contributed by atoms with Crippen molar-refractivity contribution < 1.29 is 18.1 Å². The molecule has 1 fully saturated rings. The highest BCUT2D eigenvalue weighted by Crippen LogP contribution is 2.29. The molecule has 1 atom stereocenters. The number of likely N-dealkylation sites (tertiary alicyclic amines) is 1. The molecular weight excluding hydrogens is 396 g/mol. The van der Waals surface area contributed by atoms with Crippen molar-refractivity contribution >= 4 is 33.2 Å². The molecule has 1 aromatic carbocycles. The number of carbonyl (C=O) groups excluding carboxylic acids is 1. The number of nitro benzene ring substituents is 1. The number of halogens is 1. The largest absolute Gasteiger partial charge is 0.337 e. The molecule has 0 aliphatic carbocycles. The van der Waals surface area contributed by atoms with Crippen molar-refractivity contribution in [1.82, 2.24) is 15.1 Å². The minimum Gasteiger partial charge on any atom is -0.337 e. The predicted molar refractivity (Wildman–Crippen MR) is 102 cm³/mol. The molecule has 11 heteroatoms. The average Bonchev–Trinajstić information content (AvgIpc) is 2.60. The van der Waals surface area contributed by atoms with E-state index < -0.39 is 20.0 Å². The van der Waals surface area contributed by atoms with E-state index in [1.165, 1.54) is 11.0 Å². The molecule has 27 heavy (non-hydrogen) atoms. The molecule has 1 aliphatic heterocycles. The van der Waals surface area contributed by atoms with Crippen molar-refractivity contribution in [3.05, 3.63) is 33.3 Å². The number of nitro groups is 1. The highest BCUT2D eigenvalue weighted by Gasteiger charge is 2.34. The first-order valence-corrected chi connectivity index (χ1v) is 10.4. The smallest absolute Gasteiger partial charge is 0.317 e. The Morgan fingerprint density at radius 2 is 2.11 bits per heavy atom. The van der Waals surface area contributed by atoms with E-state index >= 15 is 0 Å². The topological polar surface area (TPSA) is 113 Å². The SMILES string of the molecule is CN(C)CCNC(=O)N1CCCC(S(=O)(=O)c2cc(Cl)cc([N+](=O)[O-])c2)C1. The fourth-order valence-electron chi connectivity index (χ4n) is 2.88. The Hall–Kier alpha value is -1.91. The summed E-state index contributed by atoms with van der Waals surface area (Å²) in [5, 5.41) is 12.9. The molecule has 150 valence electrons. The lowest BCUT2D eigenvalue weighted by atomic mass is 10.1. The highest BCUT2D eigenvalue weighted by atomic mass is 35.5. The number of hydrogen-bond acceptors (Lipinski definition) is 6. The number of sulfone groups is 1. The number of rotatable bonds is 6. The van der Waals surface area contributed by atoms with Crippen molar-refractivity contribution in [1.29, 1.82) is 0 Å². The maximum Gasteiger partial charge on any atom is 0.317 e. The molecule has 1 heterocycles. The van der Waals surface area contributed by atoms with Crippen LogP contribution in [0.15, 0.2) is 23.1 Å². The van der Waals surface area contributed by atoms with E-state index in [1.54, 1.807) is 0 Å². The summed E-state index contributed by atoms with van der Waals surface area (Å²) in [6.45, 7) is 1.64. The Bertz CT molecular complexity index is 815. The van der Waals surface area contributed by atoms with Crippen LogP contribution in [0.25, 0.3) is 0 Å². The number of piperidine rings is 1. The molecule has 0 spiro atoms. The van der Waals surface area contributed by atoms with Crippen molar-refractivity contribution in [2.75, 3.05) is 40.3 Å². The van der Waals surface area contributed by atoms with E-state index in [0.717, 1.165) is 12.1 Å². The molecule has 1 saturated heterocycles. The summed E-state index contributed by atoms with van der Waals surface area (Å²) in [6, 6.07) is 3.01. The van der Waals surface area contributed by atoms with Gasteiger partial charge in [0, 0.05) is 43.3 Å². The van der Waals surface area contributed by atoms with Gasteiger partial charge in [-0.2, -0.15) is 0 Å². The quantitative estimate of drug-likeness (QED) is 0.556. The van der Waals surface area contributed by atoms with Gasteiger partial charge in [-0.15, -0.1) is 0 Å². The minimum atomic E-state index is -3.86. The Balaban J connectivity index is 2.14. The molecule has 1 aliphatic rings. The first-order chi connectivity index (χ1) is 12.6. The molecule has 1 N–H and O–H groups in total. The molecule has 2 amide bonds. The van der Waals surface area contributed by atoms with Crippen LogP contribution in [-0.4, -0.2) is 74.7 Å². The third-order valence-corrected chi connectivity index (χ3v) is 6.71. The summed E-state index contributed by atoms with van der Waals surface area (Å²) < 4.78 is 25.9. The van der Waals surface area contributed by atoms with Crippen LogP contribution in [0.3, 0.4) is 0 Å². The first-order valence-electron chi connectivity index (χ1n) is 8.47. The van der Waals surface area contributed by atoms with Gasteiger partial charge >= 0.3 is 6.03 Å². The summed E-state index contributed by atoms with van der Waals surface area (Å²) >= 11 is 5.85. The van der Waals surface area contributed by atoms with Gasteiger partial charge < -0.3 is 15.1 Å². The van der Waals surface area contributed by atoms with Gasteiger partial charge in [0.25, 0.3) is 5.69 Å². The second-order valence-corrected chi connectivity index (χ2v) is 9.36. The standard InChI is InChI=1S/C16H23ClN4O5S/c1-19(2)7-5-18-16(22)20-6-3-4-14(11-20)27(25,26)15-9-12(17)8-13(10-15)21(23)24/h8-10,14H,3-7,11H2,1-2H3,(H,18,22). The lowest BCUT2D eigenvalue weighted by Gasteiger charge is -2.32. The Kier molecular flexibility index (Phi) is 7.01. The number of benzene rings is 1. The average molecular weight is 419 g/mol. The normalized spacial score (nSPS) is 17.8. The van der Waals surface area contributed by atoms with Gasteiger partial charge in [0.05, 0.1) is 15.1 Å². The molecule has 1 unspecified atom stereocenters. The van der Waals surface area contributed by atoms with E-state index in [4.69, 9.17) is 11.6 Å². The van der Waals surface area contributed by atoms with Gasteiger partial charge in [0.1, 0.15) is 0 Å². The number of nitrogens with zero attached hydrogens (tertiary/aromatic N) is 3. The summed E-state index contributed by atoms with van der Waals surface area (Å²) in [4.78, 5) is 25.8. The Morgan fingerprint density at radius 1 is 1.41 bits per heavy atom. The van der Waals surface area contributed by atoms with Gasteiger partial charge in [-0.05, 0) is 33.0 Å². The van der Waals surface area contributed by atoms with Gasteiger partial charge in [0.15, 0.2) is 9.84 Å². The van der Waals surface area contributed by atoms with E-state index in [2.05, 4.69) is 5.32 Å². The second-order valence-electron chi connectivity index (χ2n) is 6.69. The van der Waals surface area contributed by atoms with Crippen LogP contribution >= 0.6 is 11.6 Å². The summed E-state index contributed by atoms with van der Waals surface area (Å²) in [5.41, 5.74) is -0.379. The van der Waals surface area contributed by atoms with Crippen molar-refractivity contribution in [3.63, 3.8) is 0 Å². The van der Waals surface area contributed by atoms with Crippen molar-refractivity contribution in [2.45, 2.75) is 23.0 Å². The van der Waals surface area contributed by atoms with Gasteiger partial charge in [-0.3, -0.25) is 10.1 Å². The van der Waals surface area contributed by atoms with Gasteiger partial charge in [-0.25, -0.2) is 13.2 Å². The van der Waals surface area contributed by atoms with E-state index in [0.29, 0.717) is 32.5 Å². The fraction of sp³-hybridized carbons (Fsp3) is 0.562. The van der Waals surface area contributed by atoms with Crippen molar-refractivity contribution in [2.24, 2.45) is 0 Å². The number of carbonyl (C=O) groups is 1. The molecule has 2 rings (SSSR count). The highest BCUT2D eigenvalue weighted by molar-refractivity contribution is 7.92. The number of likely N-dealkylation sites (N-methyl/N-ethyl adjacent to an activating group) is 1. The van der Waals surface area contributed by atoms with Gasteiger partial charge in [0.2, 0.25) is 0 Å². The molecule has 1 aromatic rings. The maximum absolute atomic E-state index is 12.9. The lowest BCUT2D eigenvalue weighted by molar-refractivity contribution is -0.385. The van der Waals surface area contributed by atoms with Crippen LogP contribution in [0, 0.1) is 10.1 Å². The molecule has 0 aromatic heterocycles. The zero-order valence-electron chi connectivity index (χ0n) is 15.2.